The van der Waals surface area contributed by atoms with Gasteiger partial charge in [0.05, 0.1) is 31.4 Å². The summed E-state index contributed by atoms with van der Waals surface area (Å²) in [5, 5.41) is 3.35. The Kier molecular flexibility index (Phi) is 8.57. The predicted molar refractivity (Wildman–Crippen MR) is 135 cm³/mol. The predicted octanol–water partition coefficient (Wildman–Crippen LogP) is 3.84. The quantitative estimate of drug-likeness (QED) is 0.345. The van der Waals surface area contributed by atoms with Gasteiger partial charge in [0.1, 0.15) is 5.75 Å². The van der Waals surface area contributed by atoms with Gasteiger partial charge in [-0.3, -0.25) is 4.90 Å². The molecule has 0 amide bonds. The number of nitrogens with two attached hydrogens (primary N) is 1. The van der Waals surface area contributed by atoms with E-state index in [1.54, 1.807) is 0 Å². The molecule has 4 rings (SSSR count). The fraction of sp³-hybridized carbons (Fsp3) is 0.458. The molecule has 0 bridgehead atoms. The Balaban J connectivity index is 0.00000272. The first kappa shape index (κ1) is 23.8. The summed E-state index contributed by atoms with van der Waals surface area (Å²) < 4.78 is 11.5. The van der Waals surface area contributed by atoms with Crippen LogP contribution < -0.4 is 15.8 Å². The van der Waals surface area contributed by atoms with E-state index in [0.29, 0.717) is 31.3 Å². The van der Waals surface area contributed by atoms with Crippen molar-refractivity contribution in [2.24, 2.45) is 10.7 Å². The minimum absolute atomic E-state index is 0. The molecule has 1 saturated heterocycles. The van der Waals surface area contributed by atoms with Gasteiger partial charge in [-0.2, -0.15) is 0 Å². The second-order valence-corrected chi connectivity index (χ2v) is 8.34. The lowest BCUT2D eigenvalue weighted by Gasteiger charge is -2.35. The monoisotopic (exact) mass is 536 g/mol. The number of guanidine groups is 1. The van der Waals surface area contributed by atoms with Crippen LogP contribution in [0.25, 0.3) is 0 Å². The van der Waals surface area contributed by atoms with Crippen molar-refractivity contribution < 1.29 is 9.47 Å². The first-order chi connectivity index (χ1) is 14.6. The topological polar surface area (TPSA) is 72.1 Å². The average molecular weight is 536 g/mol. The van der Waals surface area contributed by atoms with E-state index in [2.05, 4.69) is 59.4 Å². The minimum Gasteiger partial charge on any atom is -0.493 e. The number of rotatable bonds is 5. The highest BCUT2D eigenvalue weighted by molar-refractivity contribution is 14.0. The van der Waals surface area contributed by atoms with Crippen LogP contribution in [0.1, 0.15) is 43.0 Å². The number of benzene rings is 2. The van der Waals surface area contributed by atoms with Crippen molar-refractivity contribution in [2.75, 3.05) is 19.7 Å². The van der Waals surface area contributed by atoms with Crippen LogP contribution in [0.15, 0.2) is 53.5 Å². The number of fused-ring (bicyclic) bond motifs is 1. The molecule has 0 saturated carbocycles. The smallest absolute Gasteiger partial charge is 0.189 e. The van der Waals surface area contributed by atoms with E-state index in [0.717, 1.165) is 42.9 Å². The van der Waals surface area contributed by atoms with Gasteiger partial charge in [0.2, 0.25) is 0 Å². The van der Waals surface area contributed by atoms with Crippen LogP contribution in [-0.2, 0) is 17.8 Å². The van der Waals surface area contributed by atoms with Gasteiger partial charge in [-0.1, -0.05) is 42.5 Å². The highest BCUT2D eigenvalue weighted by atomic mass is 127. The Labute approximate surface area is 202 Å². The maximum absolute atomic E-state index is 6.17. The van der Waals surface area contributed by atoms with Crippen LogP contribution in [0.3, 0.4) is 0 Å². The van der Waals surface area contributed by atoms with Crippen LogP contribution in [0.5, 0.6) is 5.75 Å². The molecule has 2 aromatic carbocycles. The first-order valence-electron chi connectivity index (χ1n) is 10.8. The fourth-order valence-electron chi connectivity index (χ4n) is 4.31. The third-order valence-electron chi connectivity index (χ3n) is 5.64. The number of para-hydroxylation sites is 1. The summed E-state index contributed by atoms with van der Waals surface area (Å²) >= 11 is 0. The highest BCUT2D eigenvalue weighted by Crippen LogP contribution is 2.31. The molecule has 2 aliphatic heterocycles. The normalized spacial score (nSPS) is 23.9. The fourth-order valence-corrected chi connectivity index (χ4v) is 4.31. The summed E-state index contributed by atoms with van der Waals surface area (Å²) in [6, 6.07) is 16.9. The van der Waals surface area contributed by atoms with E-state index < -0.39 is 0 Å². The Morgan fingerprint density at radius 2 is 1.74 bits per heavy atom. The van der Waals surface area contributed by atoms with Gasteiger partial charge in [0.25, 0.3) is 0 Å². The highest BCUT2D eigenvalue weighted by Gasteiger charge is 2.22. The first-order valence-corrected chi connectivity index (χ1v) is 10.8. The van der Waals surface area contributed by atoms with Gasteiger partial charge in [0.15, 0.2) is 5.96 Å². The number of nitrogens with one attached hydrogen (secondary N) is 1. The third kappa shape index (κ3) is 6.57. The molecule has 0 aliphatic carbocycles. The Morgan fingerprint density at radius 1 is 1.06 bits per heavy atom. The van der Waals surface area contributed by atoms with E-state index in [4.69, 9.17) is 15.2 Å². The zero-order valence-electron chi connectivity index (χ0n) is 18.3. The number of ether oxygens (including phenoxy) is 2. The van der Waals surface area contributed by atoms with Crippen LogP contribution in [0, 0.1) is 0 Å². The molecule has 168 valence electrons. The summed E-state index contributed by atoms with van der Waals surface area (Å²) in [4.78, 5) is 7.00. The Bertz CT molecular complexity index is 864. The summed E-state index contributed by atoms with van der Waals surface area (Å²) in [7, 11) is 0. The standard InChI is InChI=1S/C24H32N4O2.HI/c1-17-14-28(15-18(2)30-17)16-20-9-7-19(8-10-20)13-26-24(25)27-22-11-12-29-23-6-4-3-5-21(22)23;/h3-10,17-18,22H,11-16H2,1-2H3,(H3,25,26,27);1H. The second kappa shape index (κ2) is 11.2. The molecule has 2 aliphatic rings. The number of nitrogens with zero attached hydrogens (tertiary/aromatic N) is 2. The molecule has 3 unspecified atom stereocenters. The van der Waals surface area contributed by atoms with Crippen molar-refractivity contribution in [1.29, 1.82) is 0 Å². The zero-order valence-corrected chi connectivity index (χ0v) is 20.6. The van der Waals surface area contributed by atoms with Gasteiger partial charge >= 0.3 is 0 Å². The maximum Gasteiger partial charge on any atom is 0.189 e. The zero-order chi connectivity index (χ0) is 20.9. The minimum atomic E-state index is 0. The second-order valence-electron chi connectivity index (χ2n) is 8.34. The van der Waals surface area contributed by atoms with Crippen molar-refractivity contribution in [3.8, 4) is 5.75 Å². The van der Waals surface area contributed by atoms with E-state index in [-0.39, 0.29) is 30.0 Å². The summed E-state index contributed by atoms with van der Waals surface area (Å²) in [6.45, 7) is 8.44. The average Bonchev–Trinajstić information content (AvgIpc) is 2.73. The van der Waals surface area contributed by atoms with Crippen molar-refractivity contribution in [3.05, 3.63) is 65.2 Å². The van der Waals surface area contributed by atoms with Gasteiger partial charge in [-0.05, 0) is 31.0 Å². The lowest BCUT2D eigenvalue weighted by molar-refractivity contribution is -0.0704. The van der Waals surface area contributed by atoms with Crippen molar-refractivity contribution >= 4 is 29.9 Å². The van der Waals surface area contributed by atoms with Crippen LogP contribution in [0.2, 0.25) is 0 Å². The van der Waals surface area contributed by atoms with E-state index >= 15 is 0 Å². The molecule has 0 radical (unpaired) electrons. The molecule has 3 N–H and O–H groups in total. The molecule has 0 aromatic heterocycles. The summed E-state index contributed by atoms with van der Waals surface area (Å²) in [5.41, 5.74) is 9.77. The van der Waals surface area contributed by atoms with E-state index in [9.17, 15) is 0 Å². The number of hydrogen-bond donors (Lipinski definition) is 2. The maximum atomic E-state index is 6.17. The molecule has 2 aromatic rings. The summed E-state index contributed by atoms with van der Waals surface area (Å²) in [5.74, 6) is 1.39. The van der Waals surface area contributed by atoms with Crippen LogP contribution in [0.4, 0.5) is 0 Å². The van der Waals surface area contributed by atoms with E-state index in [1.807, 2.05) is 18.2 Å². The number of halogens is 1. The number of aliphatic imine (C=N–C) groups is 1. The van der Waals surface area contributed by atoms with Crippen LogP contribution >= 0.6 is 24.0 Å². The van der Waals surface area contributed by atoms with Crippen molar-refractivity contribution in [3.63, 3.8) is 0 Å². The molecule has 0 spiro atoms. The molecule has 2 heterocycles. The molecule has 3 atom stereocenters. The van der Waals surface area contributed by atoms with Gasteiger partial charge in [-0.25, -0.2) is 4.99 Å². The molecule has 31 heavy (non-hydrogen) atoms. The Hall–Kier alpha value is -1.84. The van der Waals surface area contributed by atoms with E-state index in [1.165, 1.54) is 5.56 Å². The molecular weight excluding hydrogens is 503 g/mol. The van der Waals surface area contributed by atoms with Gasteiger partial charge < -0.3 is 20.5 Å². The lowest BCUT2D eigenvalue weighted by atomic mass is 10.0. The summed E-state index contributed by atoms with van der Waals surface area (Å²) in [6.07, 6.45) is 1.46. The molecule has 6 nitrogen and oxygen atoms in total. The van der Waals surface area contributed by atoms with Gasteiger partial charge in [-0.15, -0.1) is 24.0 Å². The largest absolute Gasteiger partial charge is 0.493 e. The van der Waals surface area contributed by atoms with Crippen LogP contribution in [-0.4, -0.2) is 42.8 Å². The van der Waals surface area contributed by atoms with Crippen molar-refractivity contribution in [1.82, 2.24) is 10.2 Å². The molecule has 1 fully saturated rings. The lowest BCUT2D eigenvalue weighted by Crippen LogP contribution is -2.44. The molecular formula is C24H33IN4O2. The Morgan fingerprint density at radius 3 is 2.48 bits per heavy atom. The number of hydrogen-bond acceptors (Lipinski definition) is 4. The molecule has 7 heteroatoms. The SMILES string of the molecule is CC1CN(Cc2ccc(CN=C(N)NC3CCOc4ccccc43)cc2)CC(C)O1.I. The third-order valence-corrected chi connectivity index (χ3v) is 5.64. The van der Waals surface area contributed by atoms with Gasteiger partial charge in [0, 0.05) is 31.6 Å². The van der Waals surface area contributed by atoms with Crippen molar-refractivity contribution in [2.45, 2.75) is 51.6 Å². The number of morpholine rings is 1.